The molecule has 6 nitrogen and oxygen atoms in total. The van der Waals surface area contributed by atoms with Crippen molar-refractivity contribution in [2.75, 3.05) is 18.0 Å². The van der Waals surface area contributed by atoms with E-state index in [2.05, 4.69) is 43.8 Å². The average molecular weight is 342 g/mol. The number of aromatic nitrogens is 3. The van der Waals surface area contributed by atoms with Crippen LogP contribution in [-0.4, -0.2) is 34.3 Å². The number of hydrogen-bond acceptors (Lipinski definition) is 7. The quantitative estimate of drug-likeness (QED) is 0.726. The fraction of sp³-hybridized carbons (Fsp3) is 0.353. The van der Waals surface area contributed by atoms with E-state index in [4.69, 9.17) is 9.26 Å². The predicted molar refractivity (Wildman–Crippen MR) is 92.1 cm³/mol. The van der Waals surface area contributed by atoms with Gasteiger partial charge in [-0.2, -0.15) is 16.3 Å². The van der Waals surface area contributed by atoms with Gasteiger partial charge in [0.2, 0.25) is 0 Å². The van der Waals surface area contributed by atoms with Crippen molar-refractivity contribution >= 4 is 17.2 Å². The predicted octanol–water partition coefficient (Wildman–Crippen LogP) is 3.47. The lowest BCUT2D eigenvalue weighted by atomic mass is 10.1. The van der Waals surface area contributed by atoms with Crippen LogP contribution in [0.4, 0.5) is 5.82 Å². The van der Waals surface area contributed by atoms with Crippen molar-refractivity contribution in [3.05, 3.63) is 46.5 Å². The molecule has 3 aromatic heterocycles. The molecule has 0 aliphatic carbocycles. The molecule has 4 rings (SSSR count). The third-order valence-electron chi connectivity index (χ3n) is 4.02. The number of rotatable bonds is 3. The van der Waals surface area contributed by atoms with Crippen LogP contribution in [0.1, 0.15) is 24.4 Å². The molecule has 1 fully saturated rings. The summed E-state index contributed by atoms with van der Waals surface area (Å²) in [6.07, 6.45) is 1.95. The molecule has 2 atom stereocenters. The summed E-state index contributed by atoms with van der Waals surface area (Å²) in [6, 6.07) is 5.97. The Hall–Kier alpha value is -2.25. The van der Waals surface area contributed by atoms with Gasteiger partial charge in [-0.25, -0.2) is 4.98 Å². The Morgan fingerprint density at radius 1 is 1.29 bits per heavy atom. The van der Waals surface area contributed by atoms with Gasteiger partial charge in [0.1, 0.15) is 11.9 Å². The lowest BCUT2D eigenvalue weighted by Crippen LogP contribution is -2.43. The molecule has 0 aromatic carbocycles. The van der Waals surface area contributed by atoms with Gasteiger partial charge in [0, 0.05) is 19.3 Å². The van der Waals surface area contributed by atoms with Crippen LogP contribution in [0.3, 0.4) is 0 Å². The second-order valence-electron chi connectivity index (χ2n) is 5.92. The second-order valence-corrected chi connectivity index (χ2v) is 6.70. The zero-order chi connectivity index (χ0) is 16.5. The Bertz CT molecular complexity index is 818. The van der Waals surface area contributed by atoms with E-state index in [9.17, 15) is 0 Å². The van der Waals surface area contributed by atoms with Gasteiger partial charge >= 0.3 is 0 Å². The zero-order valence-corrected chi connectivity index (χ0v) is 14.4. The van der Waals surface area contributed by atoms with Crippen LogP contribution < -0.4 is 4.90 Å². The van der Waals surface area contributed by atoms with Crippen molar-refractivity contribution in [1.29, 1.82) is 0 Å². The summed E-state index contributed by atoms with van der Waals surface area (Å²) < 4.78 is 11.5. The molecule has 3 aromatic rings. The number of morpholine rings is 1. The van der Waals surface area contributed by atoms with E-state index < -0.39 is 0 Å². The van der Waals surface area contributed by atoms with Gasteiger partial charge < -0.3 is 14.2 Å². The van der Waals surface area contributed by atoms with Gasteiger partial charge in [0.15, 0.2) is 5.82 Å². The Kier molecular flexibility index (Phi) is 4.03. The molecule has 124 valence electrons. The molecule has 0 bridgehead atoms. The first-order valence-electron chi connectivity index (χ1n) is 7.89. The highest BCUT2D eigenvalue weighted by Gasteiger charge is 2.29. The highest BCUT2D eigenvalue weighted by atomic mass is 32.1. The van der Waals surface area contributed by atoms with E-state index in [0.29, 0.717) is 11.7 Å². The Morgan fingerprint density at radius 3 is 2.96 bits per heavy atom. The molecule has 0 saturated carbocycles. The fourth-order valence-corrected chi connectivity index (χ4v) is 3.69. The Morgan fingerprint density at radius 2 is 2.21 bits per heavy atom. The monoisotopic (exact) mass is 342 g/mol. The summed E-state index contributed by atoms with van der Waals surface area (Å²) in [5, 5.41) is 8.11. The number of anilines is 1. The third-order valence-corrected chi connectivity index (χ3v) is 4.72. The molecule has 0 N–H and O–H groups in total. The Labute approximate surface area is 144 Å². The number of aryl methyl sites for hydroxylation is 1. The maximum atomic E-state index is 6.12. The molecule has 24 heavy (non-hydrogen) atoms. The summed E-state index contributed by atoms with van der Waals surface area (Å²) in [6.45, 7) is 5.42. The molecular formula is C17H18N4O2S. The first kappa shape index (κ1) is 15.3. The topological polar surface area (TPSA) is 64.3 Å². The van der Waals surface area contributed by atoms with Gasteiger partial charge in [0.25, 0.3) is 5.89 Å². The van der Waals surface area contributed by atoms with Crippen LogP contribution in [0.15, 0.2) is 39.7 Å². The van der Waals surface area contributed by atoms with Crippen molar-refractivity contribution < 1.29 is 9.26 Å². The van der Waals surface area contributed by atoms with Crippen LogP contribution in [0.25, 0.3) is 11.5 Å². The van der Waals surface area contributed by atoms with E-state index >= 15 is 0 Å². The van der Waals surface area contributed by atoms with Crippen LogP contribution in [0.5, 0.6) is 0 Å². The molecule has 0 radical (unpaired) electrons. The van der Waals surface area contributed by atoms with Gasteiger partial charge in [-0.15, -0.1) is 0 Å². The highest BCUT2D eigenvalue weighted by Crippen LogP contribution is 2.33. The smallest absolute Gasteiger partial charge is 0.261 e. The van der Waals surface area contributed by atoms with Crippen molar-refractivity contribution in [2.24, 2.45) is 0 Å². The number of hydrogen-bond donors (Lipinski definition) is 0. The van der Waals surface area contributed by atoms with Crippen molar-refractivity contribution in [3.8, 4) is 11.5 Å². The number of nitrogens with zero attached hydrogens (tertiary/aromatic N) is 4. The maximum absolute atomic E-state index is 6.12. The minimum Gasteiger partial charge on any atom is -0.367 e. The van der Waals surface area contributed by atoms with E-state index in [1.165, 1.54) is 5.56 Å². The SMILES string of the molecule is Cc1noc(-c2cccnc2N2C[C@H](C)O[C@@H](c3ccsc3)C2)n1. The molecule has 1 aliphatic heterocycles. The molecule has 1 saturated heterocycles. The lowest BCUT2D eigenvalue weighted by Gasteiger charge is -2.37. The first-order valence-corrected chi connectivity index (χ1v) is 8.83. The first-order chi connectivity index (χ1) is 11.7. The summed E-state index contributed by atoms with van der Waals surface area (Å²) in [5.74, 6) is 1.98. The summed E-state index contributed by atoms with van der Waals surface area (Å²) in [5.41, 5.74) is 2.07. The van der Waals surface area contributed by atoms with Crippen LogP contribution in [0, 0.1) is 6.92 Å². The Balaban J connectivity index is 1.68. The highest BCUT2D eigenvalue weighted by molar-refractivity contribution is 7.07. The van der Waals surface area contributed by atoms with Crippen molar-refractivity contribution in [2.45, 2.75) is 26.1 Å². The number of pyridine rings is 1. The molecule has 1 aliphatic rings. The third kappa shape index (κ3) is 2.92. The van der Waals surface area contributed by atoms with Gasteiger partial charge in [-0.3, -0.25) is 0 Å². The summed E-state index contributed by atoms with van der Waals surface area (Å²) in [4.78, 5) is 11.2. The number of ether oxygens (including phenoxy) is 1. The van der Waals surface area contributed by atoms with Crippen LogP contribution in [-0.2, 0) is 4.74 Å². The largest absolute Gasteiger partial charge is 0.367 e. The molecule has 4 heterocycles. The van der Waals surface area contributed by atoms with E-state index in [-0.39, 0.29) is 12.2 Å². The molecule has 0 unspecified atom stereocenters. The van der Waals surface area contributed by atoms with E-state index in [1.807, 2.05) is 19.1 Å². The minimum atomic E-state index is 0.0410. The van der Waals surface area contributed by atoms with Crippen LogP contribution in [0.2, 0.25) is 0 Å². The van der Waals surface area contributed by atoms with Gasteiger partial charge in [-0.05, 0) is 48.4 Å². The molecule has 7 heteroatoms. The van der Waals surface area contributed by atoms with Gasteiger partial charge in [0.05, 0.1) is 11.7 Å². The number of thiophene rings is 1. The fourth-order valence-electron chi connectivity index (χ4n) is 2.99. The van der Waals surface area contributed by atoms with Crippen molar-refractivity contribution in [3.63, 3.8) is 0 Å². The standard InChI is InChI=1S/C17H18N4O2S/c1-11-8-21(9-15(22-11)13-5-7-24-10-13)16-14(4-3-6-18-16)17-19-12(2)20-23-17/h3-7,10-11,15H,8-9H2,1-2H3/t11-,15+/m0/s1. The lowest BCUT2D eigenvalue weighted by molar-refractivity contribution is -0.0173. The molecule has 0 amide bonds. The summed E-state index contributed by atoms with van der Waals surface area (Å²) in [7, 11) is 0. The van der Waals surface area contributed by atoms with E-state index in [0.717, 1.165) is 24.5 Å². The maximum Gasteiger partial charge on any atom is 0.261 e. The van der Waals surface area contributed by atoms with E-state index in [1.54, 1.807) is 17.5 Å². The zero-order valence-electron chi connectivity index (χ0n) is 13.5. The van der Waals surface area contributed by atoms with Gasteiger partial charge in [-0.1, -0.05) is 5.16 Å². The van der Waals surface area contributed by atoms with Crippen LogP contribution >= 0.6 is 11.3 Å². The molecule has 0 spiro atoms. The minimum absolute atomic E-state index is 0.0410. The normalized spacial score (nSPS) is 21.2. The molecular weight excluding hydrogens is 324 g/mol. The van der Waals surface area contributed by atoms with Crippen molar-refractivity contribution in [1.82, 2.24) is 15.1 Å². The second kappa shape index (κ2) is 6.33. The average Bonchev–Trinajstić information content (AvgIpc) is 3.26. The summed E-state index contributed by atoms with van der Waals surface area (Å²) >= 11 is 1.69.